The van der Waals surface area contributed by atoms with Crippen molar-refractivity contribution in [3.63, 3.8) is 0 Å². The van der Waals surface area contributed by atoms with Crippen LogP contribution in [0, 0.1) is 11.8 Å². The lowest BCUT2D eigenvalue weighted by Gasteiger charge is -2.23. The normalized spacial score (nSPS) is 38.3. The second-order valence-electron chi connectivity index (χ2n) is 5.48. The van der Waals surface area contributed by atoms with Crippen LogP contribution in [0.15, 0.2) is 4.99 Å². The Morgan fingerprint density at radius 1 is 1.33 bits per heavy atom. The molecule has 0 aromatic heterocycles. The first-order valence-corrected chi connectivity index (χ1v) is 7.13. The van der Waals surface area contributed by atoms with E-state index in [0.29, 0.717) is 30.6 Å². The second-order valence-corrected chi connectivity index (χ2v) is 5.48. The fourth-order valence-corrected chi connectivity index (χ4v) is 3.71. The monoisotopic (exact) mass is 253 g/mol. The Labute approximate surface area is 108 Å². The van der Waals surface area contributed by atoms with Crippen molar-refractivity contribution in [3.8, 4) is 0 Å². The Kier molecular flexibility index (Phi) is 3.43. The molecule has 0 amide bonds. The summed E-state index contributed by atoms with van der Waals surface area (Å²) < 4.78 is 5.98. The van der Waals surface area contributed by atoms with E-state index in [9.17, 15) is 0 Å². The zero-order valence-electron chi connectivity index (χ0n) is 11.0. The Morgan fingerprint density at radius 2 is 2.00 bits per heavy atom. The summed E-state index contributed by atoms with van der Waals surface area (Å²) in [6, 6.07) is 0. The summed E-state index contributed by atoms with van der Waals surface area (Å²) in [5.74, 6) is 2.35. The number of hydrogen-bond donors (Lipinski definition) is 2. The van der Waals surface area contributed by atoms with Gasteiger partial charge in [0.2, 0.25) is 0 Å². The van der Waals surface area contributed by atoms with E-state index in [-0.39, 0.29) is 6.61 Å². The molecule has 3 rings (SSSR count). The molecule has 3 aliphatic heterocycles. The van der Waals surface area contributed by atoms with Crippen molar-refractivity contribution < 1.29 is 9.84 Å². The Balaban J connectivity index is 1.67. The maximum atomic E-state index is 8.91. The summed E-state index contributed by atoms with van der Waals surface area (Å²) in [5.41, 5.74) is 0. The number of aliphatic hydroxyl groups is 1. The molecule has 3 saturated heterocycles. The number of aliphatic hydroxyl groups excluding tert-OH is 1. The first-order valence-electron chi connectivity index (χ1n) is 7.13. The third-order valence-electron chi connectivity index (χ3n) is 4.45. The van der Waals surface area contributed by atoms with Crippen LogP contribution in [0.3, 0.4) is 0 Å². The molecule has 5 nitrogen and oxygen atoms in total. The fraction of sp³-hybridized carbons (Fsp3) is 0.923. The van der Waals surface area contributed by atoms with Crippen LogP contribution in [0.25, 0.3) is 0 Å². The highest BCUT2D eigenvalue weighted by atomic mass is 16.5. The van der Waals surface area contributed by atoms with E-state index in [1.165, 1.54) is 12.8 Å². The average molecular weight is 253 g/mol. The SMILES string of the molecule is CCNC(=NCCO)N1CC2C3CCC(O3)C2C1. The molecule has 4 unspecified atom stereocenters. The molecule has 0 aliphatic carbocycles. The molecule has 2 N–H and O–H groups in total. The average Bonchev–Trinajstić information content (AvgIpc) is 3.04. The molecular weight excluding hydrogens is 230 g/mol. The zero-order chi connectivity index (χ0) is 12.5. The molecule has 0 aromatic carbocycles. The number of aliphatic imine (C=N–C) groups is 1. The first kappa shape index (κ1) is 12.2. The summed E-state index contributed by atoms with van der Waals surface area (Å²) in [7, 11) is 0. The number of hydrogen-bond acceptors (Lipinski definition) is 3. The van der Waals surface area contributed by atoms with E-state index < -0.39 is 0 Å². The number of nitrogens with one attached hydrogen (secondary N) is 1. The Hall–Kier alpha value is -0.810. The van der Waals surface area contributed by atoms with Crippen molar-refractivity contribution in [2.45, 2.75) is 32.0 Å². The lowest BCUT2D eigenvalue weighted by atomic mass is 9.82. The van der Waals surface area contributed by atoms with Gasteiger partial charge in [-0.05, 0) is 19.8 Å². The molecule has 0 radical (unpaired) electrons. The van der Waals surface area contributed by atoms with Gasteiger partial charge in [-0.3, -0.25) is 4.99 Å². The smallest absolute Gasteiger partial charge is 0.194 e. The standard InChI is InChI=1S/C13H23N3O2/c1-2-14-13(15-5-6-17)16-7-9-10(8-16)12-4-3-11(9)18-12/h9-12,17H,2-8H2,1H3,(H,14,15). The molecule has 3 heterocycles. The van der Waals surface area contributed by atoms with Gasteiger partial charge in [0.05, 0.1) is 25.4 Å². The van der Waals surface area contributed by atoms with Crippen LogP contribution in [0.5, 0.6) is 0 Å². The van der Waals surface area contributed by atoms with E-state index >= 15 is 0 Å². The van der Waals surface area contributed by atoms with Crippen LogP contribution >= 0.6 is 0 Å². The van der Waals surface area contributed by atoms with Crippen LogP contribution in [0.2, 0.25) is 0 Å². The predicted octanol–water partition coefficient (Wildman–Crippen LogP) is 0.0534. The topological polar surface area (TPSA) is 57.1 Å². The van der Waals surface area contributed by atoms with Crippen LogP contribution in [0.1, 0.15) is 19.8 Å². The summed E-state index contributed by atoms with van der Waals surface area (Å²) in [5, 5.41) is 12.2. The Morgan fingerprint density at radius 3 is 2.56 bits per heavy atom. The number of likely N-dealkylation sites (tertiary alicyclic amines) is 1. The maximum Gasteiger partial charge on any atom is 0.194 e. The van der Waals surface area contributed by atoms with Crippen molar-refractivity contribution in [1.82, 2.24) is 10.2 Å². The van der Waals surface area contributed by atoms with Gasteiger partial charge in [-0.15, -0.1) is 0 Å². The second kappa shape index (κ2) is 5.05. The predicted molar refractivity (Wildman–Crippen MR) is 69.5 cm³/mol. The van der Waals surface area contributed by atoms with Crippen molar-refractivity contribution >= 4 is 5.96 Å². The number of nitrogens with zero attached hydrogens (tertiary/aromatic N) is 2. The van der Waals surface area contributed by atoms with E-state index in [1.807, 2.05) is 0 Å². The third-order valence-corrected chi connectivity index (χ3v) is 4.45. The van der Waals surface area contributed by atoms with E-state index in [4.69, 9.17) is 9.84 Å². The first-order chi connectivity index (χ1) is 8.83. The number of guanidine groups is 1. The molecule has 4 atom stereocenters. The molecule has 0 saturated carbocycles. The minimum absolute atomic E-state index is 0.115. The van der Waals surface area contributed by atoms with Gasteiger partial charge in [-0.25, -0.2) is 0 Å². The van der Waals surface area contributed by atoms with E-state index in [1.54, 1.807) is 0 Å². The molecule has 102 valence electrons. The molecule has 18 heavy (non-hydrogen) atoms. The van der Waals surface area contributed by atoms with Gasteiger partial charge in [-0.1, -0.05) is 0 Å². The highest BCUT2D eigenvalue weighted by molar-refractivity contribution is 5.80. The van der Waals surface area contributed by atoms with Gasteiger partial charge in [0.15, 0.2) is 5.96 Å². The molecule has 5 heteroatoms. The summed E-state index contributed by atoms with van der Waals surface area (Å²) in [6.07, 6.45) is 3.46. The van der Waals surface area contributed by atoms with Gasteiger partial charge in [0.1, 0.15) is 0 Å². The van der Waals surface area contributed by atoms with Gasteiger partial charge >= 0.3 is 0 Å². The lowest BCUT2D eigenvalue weighted by Crippen LogP contribution is -2.41. The number of ether oxygens (including phenoxy) is 1. The van der Waals surface area contributed by atoms with E-state index in [0.717, 1.165) is 25.6 Å². The third kappa shape index (κ3) is 1.99. The van der Waals surface area contributed by atoms with Crippen LogP contribution in [0.4, 0.5) is 0 Å². The molecule has 0 aromatic rings. The van der Waals surface area contributed by atoms with Crippen molar-refractivity contribution in [2.75, 3.05) is 32.8 Å². The summed E-state index contributed by atoms with van der Waals surface area (Å²) in [6.45, 7) is 5.67. The Bertz CT molecular complexity index is 316. The molecule has 3 aliphatic rings. The minimum Gasteiger partial charge on any atom is -0.394 e. The molecular formula is C13H23N3O2. The minimum atomic E-state index is 0.115. The molecule has 2 bridgehead atoms. The van der Waals surface area contributed by atoms with Crippen molar-refractivity contribution in [3.05, 3.63) is 0 Å². The van der Waals surface area contributed by atoms with Crippen LogP contribution in [-0.2, 0) is 4.74 Å². The molecule has 0 spiro atoms. The summed E-state index contributed by atoms with van der Waals surface area (Å²) >= 11 is 0. The van der Waals surface area contributed by atoms with E-state index in [2.05, 4.69) is 22.1 Å². The van der Waals surface area contributed by atoms with Gasteiger partial charge in [0, 0.05) is 31.5 Å². The number of rotatable bonds is 3. The highest BCUT2D eigenvalue weighted by Gasteiger charge is 2.53. The van der Waals surface area contributed by atoms with Gasteiger partial charge in [0.25, 0.3) is 0 Å². The summed E-state index contributed by atoms with van der Waals surface area (Å²) in [4.78, 5) is 6.80. The maximum absolute atomic E-state index is 8.91. The fourth-order valence-electron chi connectivity index (χ4n) is 3.71. The largest absolute Gasteiger partial charge is 0.394 e. The highest BCUT2D eigenvalue weighted by Crippen LogP contribution is 2.47. The molecule has 3 fully saturated rings. The zero-order valence-corrected chi connectivity index (χ0v) is 11.0. The van der Waals surface area contributed by atoms with Crippen LogP contribution < -0.4 is 5.32 Å². The van der Waals surface area contributed by atoms with Gasteiger partial charge in [-0.2, -0.15) is 0 Å². The van der Waals surface area contributed by atoms with Crippen molar-refractivity contribution in [1.29, 1.82) is 0 Å². The number of fused-ring (bicyclic) bond motifs is 5. The van der Waals surface area contributed by atoms with Gasteiger partial charge < -0.3 is 20.1 Å². The quantitative estimate of drug-likeness (QED) is 0.551. The van der Waals surface area contributed by atoms with Crippen molar-refractivity contribution in [2.24, 2.45) is 16.8 Å². The lowest BCUT2D eigenvalue weighted by molar-refractivity contribution is 0.0767. The van der Waals surface area contributed by atoms with Crippen LogP contribution in [-0.4, -0.2) is 61.0 Å².